The molecule has 0 spiro atoms. The molecule has 0 saturated carbocycles. The fourth-order valence-corrected chi connectivity index (χ4v) is 1.80. The Morgan fingerprint density at radius 3 is 2.29 bits per heavy atom. The Bertz CT molecular complexity index is 172. The van der Waals surface area contributed by atoms with Crippen LogP contribution in [0.15, 0.2) is 0 Å². The second kappa shape index (κ2) is 13.5. The van der Waals surface area contributed by atoms with Gasteiger partial charge in [-0.3, -0.25) is 4.79 Å². The van der Waals surface area contributed by atoms with Crippen LogP contribution in [0.3, 0.4) is 0 Å². The van der Waals surface area contributed by atoms with Gasteiger partial charge >= 0.3 is 0 Å². The van der Waals surface area contributed by atoms with E-state index in [2.05, 4.69) is 12.2 Å². The molecule has 0 aromatic heterocycles. The van der Waals surface area contributed by atoms with Gasteiger partial charge in [-0.15, -0.1) is 0 Å². The molecule has 1 amide bonds. The van der Waals surface area contributed by atoms with Gasteiger partial charge in [-0.25, -0.2) is 0 Å². The first-order valence-electron chi connectivity index (χ1n) is 7.18. The molecule has 0 atom stereocenters. The maximum atomic E-state index is 11.4. The van der Waals surface area contributed by atoms with E-state index >= 15 is 0 Å². The molecule has 2 N–H and O–H groups in total. The molecule has 0 fully saturated rings. The van der Waals surface area contributed by atoms with Crippen LogP contribution in [0, 0.1) is 0 Å². The molecule has 102 valence electrons. The van der Waals surface area contributed by atoms with E-state index in [1.54, 1.807) is 0 Å². The van der Waals surface area contributed by atoms with Crippen LogP contribution in [0.4, 0.5) is 0 Å². The molecule has 0 rings (SSSR count). The van der Waals surface area contributed by atoms with E-state index in [0.29, 0.717) is 6.42 Å². The quantitative estimate of drug-likeness (QED) is 0.518. The summed E-state index contributed by atoms with van der Waals surface area (Å²) in [7, 11) is 0. The lowest BCUT2D eigenvalue weighted by Gasteiger charge is -2.04. The number of carbonyl (C=O) groups is 1. The number of hydrogen-bond acceptors (Lipinski definition) is 2. The highest BCUT2D eigenvalue weighted by molar-refractivity contribution is 5.75. The highest BCUT2D eigenvalue weighted by atomic mass is 16.2. The summed E-state index contributed by atoms with van der Waals surface area (Å²) in [6.07, 6.45) is 10.8. The lowest BCUT2D eigenvalue weighted by molar-refractivity contribution is -0.121. The Morgan fingerprint density at radius 2 is 1.59 bits per heavy atom. The van der Waals surface area contributed by atoms with E-state index in [-0.39, 0.29) is 12.5 Å². The minimum Gasteiger partial charge on any atom is -0.396 e. The zero-order valence-corrected chi connectivity index (χ0v) is 11.3. The summed E-state index contributed by atoms with van der Waals surface area (Å²) < 4.78 is 0. The van der Waals surface area contributed by atoms with Gasteiger partial charge in [-0.1, -0.05) is 39.0 Å². The van der Waals surface area contributed by atoms with Crippen molar-refractivity contribution < 1.29 is 9.90 Å². The third kappa shape index (κ3) is 13.4. The fraction of sp³-hybridized carbons (Fsp3) is 0.929. The summed E-state index contributed by atoms with van der Waals surface area (Å²) >= 11 is 0. The van der Waals surface area contributed by atoms with Gasteiger partial charge in [0, 0.05) is 19.6 Å². The second-order valence-corrected chi connectivity index (χ2v) is 4.65. The summed E-state index contributed by atoms with van der Waals surface area (Å²) in [6, 6.07) is 0. The van der Waals surface area contributed by atoms with Crippen molar-refractivity contribution in [2.75, 3.05) is 13.2 Å². The molecule has 17 heavy (non-hydrogen) atoms. The third-order valence-corrected chi connectivity index (χ3v) is 2.91. The molecule has 3 heteroatoms. The minimum absolute atomic E-state index is 0.185. The Labute approximate surface area is 106 Å². The fourth-order valence-electron chi connectivity index (χ4n) is 1.80. The van der Waals surface area contributed by atoms with Crippen LogP contribution in [0.5, 0.6) is 0 Å². The first-order valence-corrected chi connectivity index (χ1v) is 7.18. The van der Waals surface area contributed by atoms with Crippen LogP contribution >= 0.6 is 0 Å². The predicted octanol–water partition coefficient (Wildman–Crippen LogP) is 3.02. The van der Waals surface area contributed by atoms with Gasteiger partial charge in [0.15, 0.2) is 0 Å². The lowest BCUT2D eigenvalue weighted by Crippen LogP contribution is -2.23. The van der Waals surface area contributed by atoms with E-state index < -0.39 is 0 Å². The predicted molar refractivity (Wildman–Crippen MR) is 71.9 cm³/mol. The van der Waals surface area contributed by atoms with Crippen molar-refractivity contribution in [2.24, 2.45) is 0 Å². The molecule has 0 aliphatic heterocycles. The van der Waals surface area contributed by atoms with Crippen LogP contribution < -0.4 is 5.32 Å². The van der Waals surface area contributed by atoms with Gasteiger partial charge in [0.05, 0.1) is 0 Å². The largest absolute Gasteiger partial charge is 0.396 e. The van der Waals surface area contributed by atoms with Crippen LogP contribution in [0.25, 0.3) is 0 Å². The number of amides is 1. The number of nitrogens with one attached hydrogen (secondary N) is 1. The van der Waals surface area contributed by atoms with Gasteiger partial charge in [0.2, 0.25) is 5.91 Å². The first kappa shape index (κ1) is 16.4. The summed E-state index contributed by atoms with van der Waals surface area (Å²) in [4.78, 5) is 11.4. The normalized spacial score (nSPS) is 10.5. The second-order valence-electron chi connectivity index (χ2n) is 4.65. The van der Waals surface area contributed by atoms with Crippen molar-refractivity contribution in [1.29, 1.82) is 0 Å². The van der Waals surface area contributed by atoms with Crippen LogP contribution in [0.2, 0.25) is 0 Å². The standard InChI is InChI=1S/C14H29NO2/c1-2-3-4-5-6-8-11-14(17)15-12-9-7-10-13-16/h16H,2-13H2,1H3,(H,15,17). The molecule has 3 nitrogen and oxygen atoms in total. The molecule has 0 aliphatic rings. The van der Waals surface area contributed by atoms with Crippen molar-refractivity contribution in [2.45, 2.75) is 71.1 Å². The van der Waals surface area contributed by atoms with Crippen LogP contribution in [-0.4, -0.2) is 24.2 Å². The molecule has 0 aromatic rings. The number of aliphatic hydroxyl groups excluding tert-OH is 1. The van der Waals surface area contributed by atoms with Crippen LogP contribution in [-0.2, 0) is 4.79 Å². The average Bonchev–Trinajstić information content (AvgIpc) is 2.33. The lowest BCUT2D eigenvalue weighted by atomic mass is 10.1. The molecular formula is C14H29NO2. The zero-order valence-electron chi connectivity index (χ0n) is 11.3. The number of aliphatic hydroxyl groups is 1. The van der Waals surface area contributed by atoms with Crippen molar-refractivity contribution in [3.8, 4) is 0 Å². The molecule has 0 radical (unpaired) electrons. The van der Waals surface area contributed by atoms with E-state index in [1.165, 1.54) is 32.1 Å². The molecule has 0 bridgehead atoms. The Morgan fingerprint density at radius 1 is 0.941 bits per heavy atom. The summed E-state index contributed by atoms with van der Waals surface area (Å²) in [5, 5.41) is 11.5. The summed E-state index contributed by atoms with van der Waals surface area (Å²) in [6.45, 7) is 3.23. The van der Waals surface area contributed by atoms with Crippen molar-refractivity contribution in [3.05, 3.63) is 0 Å². The molecule has 0 saturated heterocycles. The highest BCUT2D eigenvalue weighted by Crippen LogP contribution is 2.06. The maximum Gasteiger partial charge on any atom is 0.219 e. The van der Waals surface area contributed by atoms with Gasteiger partial charge < -0.3 is 10.4 Å². The summed E-state index contributed by atoms with van der Waals surface area (Å²) in [5.74, 6) is 0.185. The zero-order chi connectivity index (χ0) is 12.8. The maximum absolute atomic E-state index is 11.4. The third-order valence-electron chi connectivity index (χ3n) is 2.91. The monoisotopic (exact) mass is 243 g/mol. The summed E-state index contributed by atoms with van der Waals surface area (Å²) in [5.41, 5.74) is 0. The number of unbranched alkanes of at least 4 members (excludes halogenated alkanes) is 7. The molecule has 0 heterocycles. The van der Waals surface area contributed by atoms with Crippen molar-refractivity contribution in [3.63, 3.8) is 0 Å². The molecular weight excluding hydrogens is 214 g/mol. The smallest absolute Gasteiger partial charge is 0.219 e. The SMILES string of the molecule is CCCCCCCCC(=O)NCCCCCO. The molecule has 0 aromatic carbocycles. The van der Waals surface area contributed by atoms with Gasteiger partial charge in [0.1, 0.15) is 0 Å². The Kier molecular flexibility index (Phi) is 13.0. The van der Waals surface area contributed by atoms with Crippen molar-refractivity contribution in [1.82, 2.24) is 5.32 Å². The Hall–Kier alpha value is -0.570. The first-order chi connectivity index (χ1) is 8.31. The molecule has 0 aliphatic carbocycles. The van der Waals surface area contributed by atoms with Gasteiger partial charge in [-0.05, 0) is 25.7 Å². The highest BCUT2D eigenvalue weighted by Gasteiger charge is 1.99. The van der Waals surface area contributed by atoms with Crippen LogP contribution in [0.1, 0.15) is 71.1 Å². The van der Waals surface area contributed by atoms with E-state index in [1.807, 2.05) is 0 Å². The van der Waals surface area contributed by atoms with Gasteiger partial charge in [-0.2, -0.15) is 0 Å². The van der Waals surface area contributed by atoms with E-state index in [0.717, 1.165) is 32.2 Å². The number of rotatable bonds is 12. The van der Waals surface area contributed by atoms with E-state index in [4.69, 9.17) is 5.11 Å². The number of carbonyl (C=O) groups excluding carboxylic acids is 1. The topological polar surface area (TPSA) is 49.3 Å². The molecule has 0 unspecified atom stereocenters. The van der Waals surface area contributed by atoms with E-state index in [9.17, 15) is 4.79 Å². The Balaban J connectivity index is 3.12. The average molecular weight is 243 g/mol. The van der Waals surface area contributed by atoms with Crippen molar-refractivity contribution >= 4 is 5.91 Å². The van der Waals surface area contributed by atoms with Gasteiger partial charge in [0.25, 0.3) is 0 Å². The number of hydrogen-bond donors (Lipinski definition) is 2. The minimum atomic E-state index is 0.185.